The highest BCUT2D eigenvalue weighted by atomic mass is 16.5. The minimum Gasteiger partial charge on any atom is -0.507 e. The summed E-state index contributed by atoms with van der Waals surface area (Å²) in [6.45, 7) is 1.35. The third-order valence-electron chi connectivity index (χ3n) is 6.02. The van der Waals surface area contributed by atoms with Gasteiger partial charge in [-0.3, -0.25) is 0 Å². The number of ether oxygens (including phenoxy) is 1. The quantitative estimate of drug-likeness (QED) is 0.434. The van der Waals surface area contributed by atoms with Crippen molar-refractivity contribution in [1.82, 2.24) is 5.32 Å². The molecule has 5 nitrogen and oxygen atoms in total. The van der Waals surface area contributed by atoms with Crippen LogP contribution >= 0.6 is 0 Å². The van der Waals surface area contributed by atoms with E-state index < -0.39 is 6.23 Å². The number of hydrogen-bond donors (Lipinski definition) is 2. The van der Waals surface area contributed by atoms with Crippen molar-refractivity contribution in [2.24, 2.45) is 11.3 Å². The highest BCUT2D eigenvalue weighted by molar-refractivity contribution is 5.27. The monoisotopic (exact) mass is 357 g/mol. The van der Waals surface area contributed by atoms with Crippen LogP contribution in [0.1, 0.15) is 57.8 Å². The summed E-state index contributed by atoms with van der Waals surface area (Å²) in [5, 5.41) is 14.1. The van der Waals surface area contributed by atoms with Gasteiger partial charge in [-0.1, -0.05) is 12.0 Å². The molecule has 0 aromatic carbocycles. The van der Waals surface area contributed by atoms with Gasteiger partial charge in [-0.2, -0.15) is 0 Å². The third kappa shape index (κ3) is 4.48. The Morgan fingerprint density at radius 1 is 1.35 bits per heavy atom. The van der Waals surface area contributed by atoms with Crippen LogP contribution in [0.4, 0.5) is 0 Å². The van der Waals surface area contributed by atoms with E-state index in [0.717, 1.165) is 62.8 Å². The van der Waals surface area contributed by atoms with Gasteiger partial charge >= 0.3 is 0 Å². The highest BCUT2D eigenvalue weighted by Gasteiger charge is 2.41. The van der Waals surface area contributed by atoms with Gasteiger partial charge < -0.3 is 25.4 Å². The fraction of sp³-hybridized carbons (Fsp3) is 0.714. The molecule has 3 aliphatic rings. The third-order valence-corrected chi connectivity index (χ3v) is 6.02. The molecule has 1 heterocycles. The second-order valence-electron chi connectivity index (χ2n) is 7.77. The van der Waals surface area contributed by atoms with Crippen molar-refractivity contribution in [2.45, 2.75) is 64.0 Å². The average Bonchev–Trinajstić information content (AvgIpc) is 2.85. The van der Waals surface area contributed by atoms with Crippen LogP contribution in [-0.2, 0) is 4.74 Å². The SMILES string of the molecule is COC1=CCCC=C1NC(O)CC1(C2C#CCCC2)CCC[N+](=[N-])CC1. The predicted molar refractivity (Wildman–Crippen MR) is 101 cm³/mol. The normalized spacial score (nSPS) is 30.2. The largest absolute Gasteiger partial charge is 0.507 e. The second kappa shape index (κ2) is 8.73. The minimum atomic E-state index is -0.646. The molecule has 5 heteroatoms. The Morgan fingerprint density at radius 3 is 2.96 bits per heavy atom. The molecule has 0 bridgehead atoms. The van der Waals surface area contributed by atoms with E-state index in [-0.39, 0.29) is 5.41 Å². The number of allylic oxidation sites excluding steroid dienone is 2. The van der Waals surface area contributed by atoms with Crippen LogP contribution in [0.3, 0.4) is 0 Å². The Kier molecular flexibility index (Phi) is 6.37. The van der Waals surface area contributed by atoms with Gasteiger partial charge in [0.2, 0.25) is 0 Å². The van der Waals surface area contributed by atoms with Crippen molar-refractivity contribution < 1.29 is 14.5 Å². The molecule has 0 spiro atoms. The fourth-order valence-corrected chi connectivity index (χ4v) is 4.61. The van der Waals surface area contributed by atoms with E-state index in [9.17, 15) is 10.6 Å². The van der Waals surface area contributed by atoms with Crippen LogP contribution in [0.5, 0.6) is 0 Å². The Morgan fingerprint density at radius 2 is 2.19 bits per heavy atom. The van der Waals surface area contributed by atoms with Crippen molar-refractivity contribution in [1.29, 1.82) is 0 Å². The molecule has 1 fully saturated rings. The van der Waals surface area contributed by atoms with E-state index in [4.69, 9.17) is 4.74 Å². The predicted octanol–water partition coefficient (Wildman–Crippen LogP) is 3.50. The molecule has 2 N–H and O–H groups in total. The lowest BCUT2D eigenvalue weighted by Crippen LogP contribution is -2.40. The fourth-order valence-electron chi connectivity index (χ4n) is 4.61. The smallest absolute Gasteiger partial charge is 0.137 e. The molecule has 0 amide bonds. The summed E-state index contributed by atoms with van der Waals surface area (Å²) >= 11 is 0. The summed E-state index contributed by atoms with van der Waals surface area (Å²) in [4.78, 5) is 0. The molecule has 0 aromatic heterocycles. The van der Waals surface area contributed by atoms with E-state index in [1.165, 1.54) is 4.70 Å². The van der Waals surface area contributed by atoms with Crippen LogP contribution in [-0.4, -0.2) is 36.2 Å². The molecule has 3 unspecified atom stereocenters. The first kappa shape index (κ1) is 19.0. The summed E-state index contributed by atoms with van der Waals surface area (Å²) in [6, 6.07) is 0. The number of rotatable bonds is 6. The molecule has 0 radical (unpaired) electrons. The maximum absolute atomic E-state index is 10.9. The molecule has 0 aromatic rings. The first-order valence-corrected chi connectivity index (χ1v) is 9.94. The van der Waals surface area contributed by atoms with Gasteiger partial charge in [0.05, 0.1) is 12.8 Å². The number of aliphatic hydroxyl groups excluding tert-OH is 1. The number of methoxy groups -OCH3 is 1. The molecule has 142 valence electrons. The van der Waals surface area contributed by atoms with E-state index in [0.29, 0.717) is 25.4 Å². The van der Waals surface area contributed by atoms with E-state index >= 15 is 0 Å². The first-order valence-electron chi connectivity index (χ1n) is 9.94. The molecular weight excluding hydrogens is 326 g/mol. The summed E-state index contributed by atoms with van der Waals surface area (Å²) < 4.78 is 6.85. The maximum atomic E-state index is 10.9. The molecule has 3 atom stereocenters. The van der Waals surface area contributed by atoms with Crippen LogP contribution < -0.4 is 5.32 Å². The Labute approximate surface area is 157 Å². The van der Waals surface area contributed by atoms with Crippen LogP contribution in [0.25, 0.3) is 5.53 Å². The number of nitrogens with zero attached hydrogens (tertiary/aromatic N) is 2. The molecule has 1 saturated heterocycles. The number of aliphatic hydroxyl groups is 1. The Bertz CT molecular complexity index is 643. The lowest BCUT2D eigenvalue weighted by molar-refractivity contribution is -0.548. The average molecular weight is 357 g/mol. The van der Waals surface area contributed by atoms with E-state index in [1.54, 1.807) is 7.11 Å². The topological polar surface area (TPSA) is 66.8 Å². The zero-order valence-corrected chi connectivity index (χ0v) is 15.8. The molecule has 3 rings (SSSR count). The lowest BCUT2D eigenvalue weighted by Gasteiger charge is -2.40. The van der Waals surface area contributed by atoms with Gasteiger partial charge in [0, 0.05) is 25.2 Å². The van der Waals surface area contributed by atoms with Crippen molar-refractivity contribution >= 4 is 0 Å². The van der Waals surface area contributed by atoms with Crippen molar-refractivity contribution in [2.75, 3.05) is 20.2 Å². The minimum absolute atomic E-state index is 0.0521. The van der Waals surface area contributed by atoms with E-state index in [2.05, 4.69) is 29.3 Å². The first-order chi connectivity index (χ1) is 12.6. The van der Waals surface area contributed by atoms with Crippen molar-refractivity contribution in [3.63, 3.8) is 0 Å². The highest BCUT2D eigenvalue weighted by Crippen LogP contribution is 2.45. The molecule has 0 saturated carbocycles. The standard InChI is InChI=1S/C21H31N3O2/c1-26-19-11-6-5-10-18(19)23-20(25)16-21(17-8-3-2-4-9-17)12-7-14-24(22)15-13-21/h10-11,17,20,23,25H,2-3,5-8,12-16H2,1H3. The van der Waals surface area contributed by atoms with Gasteiger partial charge in [0.15, 0.2) is 0 Å². The summed E-state index contributed by atoms with van der Waals surface area (Å²) in [5.41, 5.74) is 10.8. The second-order valence-corrected chi connectivity index (χ2v) is 7.77. The molecular formula is C21H31N3O2. The molecule has 2 aliphatic carbocycles. The van der Waals surface area contributed by atoms with Gasteiger partial charge in [0.1, 0.15) is 25.1 Å². The summed E-state index contributed by atoms with van der Waals surface area (Å²) in [7, 11) is 1.67. The van der Waals surface area contributed by atoms with Gasteiger partial charge in [-0.25, -0.2) is 0 Å². The van der Waals surface area contributed by atoms with Gasteiger partial charge in [-0.05, 0) is 50.0 Å². The van der Waals surface area contributed by atoms with Crippen LogP contribution in [0, 0.1) is 23.2 Å². The van der Waals surface area contributed by atoms with E-state index in [1.807, 2.05) is 0 Å². The Hall–Kier alpha value is -1.80. The number of hydrogen-bond acceptors (Lipinski definition) is 3. The zero-order chi connectivity index (χ0) is 18.4. The maximum Gasteiger partial charge on any atom is 0.137 e. The number of nitrogens with one attached hydrogen (secondary N) is 1. The van der Waals surface area contributed by atoms with Crippen molar-refractivity contribution in [3.05, 3.63) is 29.1 Å². The lowest BCUT2D eigenvalue weighted by atomic mass is 9.65. The summed E-state index contributed by atoms with van der Waals surface area (Å²) in [5.74, 6) is 7.86. The summed E-state index contributed by atoms with van der Waals surface area (Å²) in [6.07, 6.45) is 12.1. The Balaban J connectivity index is 1.74. The van der Waals surface area contributed by atoms with Gasteiger partial charge in [-0.15, -0.1) is 5.92 Å². The van der Waals surface area contributed by atoms with Crippen LogP contribution in [0.15, 0.2) is 23.6 Å². The van der Waals surface area contributed by atoms with Crippen LogP contribution in [0.2, 0.25) is 0 Å². The molecule has 26 heavy (non-hydrogen) atoms. The van der Waals surface area contributed by atoms with Crippen molar-refractivity contribution in [3.8, 4) is 11.8 Å². The molecule has 1 aliphatic heterocycles. The zero-order valence-electron chi connectivity index (χ0n) is 15.8. The van der Waals surface area contributed by atoms with Gasteiger partial charge in [0.25, 0.3) is 0 Å².